The van der Waals surface area contributed by atoms with Crippen molar-refractivity contribution in [2.24, 2.45) is 5.92 Å². The van der Waals surface area contributed by atoms with Gasteiger partial charge in [-0.25, -0.2) is 0 Å². The molecule has 1 aromatic carbocycles. The summed E-state index contributed by atoms with van der Waals surface area (Å²) in [4.78, 5) is 44.5. The lowest BCUT2D eigenvalue weighted by molar-refractivity contribution is -0.167. The van der Waals surface area contributed by atoms with E-state index in [1.54, 1.807) is 20.0 Å². The number of halogens is 3. The number of amides is 3. The molecule has 1 unspecified atom stereocenters. The van der Waals surface area contributed by atoms with Crippen LogP contribution in [0.15, 0.2) is 30.3 Å². The number of fused-ring (bicyclic) bond motifs is 1. The number of likely N-dealkylation sites (N-methyl/N-ethyl adjacent to an activating group) is 1. The van der Waals surface area contributed by atoms with Gasteiger partial charge in [0.25, 0.3) is 0 Å². The molecule has 9 nitrogen and oxygen atoms in total. The minimum atomic E-state index is -4.74. The van der Waals surface area contributed by atoms with Gasteiger partial charge in [-0.15, -0.1) is 0 Å². The smallest absolute Gasteiger partial charge is 0.377 e. The molecule has 1 aromatic rings. The van der Waals surface area contributed by atoms with E-state index in [9.17, 15) is 27.6 Å². The number of rotatable bonds is 10. The minimum absolute atomic E-state index is 0.0867. The monoisotopic (exact) mass is 595 g/mol. The highest BCUT2D eigenvalue weighted by molar-refractivity contribution is 5.93. The van der Waals surface area contributed by atoms with Gasteiger partial charge in [-0.1, -0.05) is 49.6 Å². The summed E-state index contributed by atoms with van der Waals surface area (Å²) in [6, 6.07) is 2.34. The molecule has 6 atom stereocenters. The zero-order valence-electron chi connectivity index (χ0n) is 24.7. The van der Waals surface area contributed by atoms with Crippen molar-refractivity contribution in [3.05, 3.63) is 35.9 Å². The SMILES string of the molecule is CCO[C@@H]1C[C@@H]2CN(C(=O)[C@@H](NC(=O)[C@H](C)NC)C3CCCCC3)[C@H](C(=O)NC(c3ccccc3)C(F)(F)F)CN2C1. The Morgan fingerprint density at radius 3 is 2.33 bits per heavy atom. The lowest BCUT2D eigenvalue weighted by Gasteiger charge is -2.45. The molecule has 1 saturated carbocycles. The Bertz CT molecular complexity index is 1070. The topological polar surface area (TPSA) is 103 Å². The molecule has 0 radical (unpaired) electrons. The number of benzene rings is 1. The second-order valence-electron chi connectivity index (χ2n) is 11.7. The molecular formula is C30H44F3N5O4. The van der Waals surface area contributed by atoms with Crippen LogP contribution in [0.25, 0.3) is 0 Å². The van der Waals surface area contributed by atoms with Gasteiger partial charge in [0, 0.05) is 32.3 Å². The van der Waals surface area contributed by atoms with Gasteiger partial charge >= 0.3 is 6.18 Å². The molecule has 0 bridgehead atoms. The zero-order chi connectivity index (χ0) is 30.4. The molecule has 3 amide bonds. The molecule has 2 heterocycles. The van der Waals surface area contributed by atoms with Crippen molar-refractivity contribution in [2.75, 3.05) is 33.3 Å². The highest BCUT2D eigenvalue weighted by Crippen LogP contribution is 2.34. The molecule has 3 aliphatic rings. The normalized spacial score (nSPS) is 25.8. The Labute approximate surface area is 245 Å². The summed E-state index contributed by atoms with van der Waals surface area (Å²) < 4.78 is 48.4. The van der Waals surface area contributed by atoms with E-state index in [1.165, 1.54) is 29.2 Å². The van der Waals surface area contributed by atoms with E-state index in [-0.39, 0.29) is 42.6 Å². The maximum Gasteiger partial charge on any atom is 0.412 e. The fraction of sp³-hybridized carbons (Fsp3) is 0.700. The minimum Gasteiger partial charge on any atom is -0.377 e. The number of ether oxygens (including phenoxy) is 1. The first-order valence-corrected chi connectivity index (χ1v) is 15.1. The second-order valence-corrected chi connectivity index (χ2v) is 11.7. The lowest BCUT2D eigenvalue weighted by Crippen LogP contribution is -2.66. The van der Waals surface area contributed by atoms with Crippen molar-refractivity contribution in [2.45, 2.75) is 94.9 Å². The Balaban J connectivity index is 1.64. The number of nitrogens with zero attached hydrogens (tertiary/aromatic N) is 2. The Morgan fingerprint density at radius 1 is 1.02 bits per heavy atom. The third kappa shape index (κ3) is 7.62. The number of hydrogen-bond acceptors (Lipinski definition) is 6. The van der Waals surface area contributed by atoms with Gasteiger partial charge in [0.2, 0.25) is 17.7 Å². The zero-order valence-corrected chi connectivity index (χ0v) is 24.7. The van der Waals surface area contributed by atoms with Gasteiger partial charge in [0.05, 0.1) is 12.1 Å². The molecule has 2 aliphatic heterocycles. The van der Waals surface area contributed by atoms with Crippen molar-refractivity contribution in [3.63, 3.8) is 0 Å². The van der Waals surface area contributed by atoms with Crippen LogP contribution in [0.2, 0.25) is 0 Å². The highest BCUT2D eigenvalue weighted by atomic mass is 19.4. The summed E-state index contributed by atoms with van der Waals surface area (Å²) in [7, 11) is 1.65. The summed E-state index contributed by atoms with van der Waals surface area (Å²) in [5.41, 5.74) is -0.0871. The fourth-order valence-corrected chi connectivity index (χ4v) is 6.53. The van der Waals surface area contributed by atoms with Crippen LogP contribution < -0.4 is 16.0 Å². The average Bonchev–Trinajstić information content (AvgIpc) is 3.38. The first-order valence-electron chi connectivity index (χ1n) is 15.1. The van der Waals surface area contributed by atoms with Crippen molar-refractivity contribution < 1.29 is 32.3 Å². The molecule has 0 aromatic heterocycles. The van der Waals surface area contributed by atoms with Gasteiger partial charge < -0.3 is 25.6 Å². The van der Waals surface area contributed by atoms with Crippen LogP contribution >= 0.6 is 0 Å². The van der Waals surface area contributed by atoms with Gasteiger partial charge in [0.1, 0.15) is 12.1 Å². The molecule has 2 saturated heterocycles. The summed E-state index contributed by atoms with van der Waals surface area (Å²) >= 11 is 0. The van der Waals surface area contributed by atoms with Crippen LogP contribution in [0, 0.1) is 5.92 Å². The lowest BCUT2D eigenvalue weighted by atomic mass is 9.82. The van der Waals surface area contributed by atoms with Gasteiger partial charge in [-0.3, -0.25) is 19.3 Å². The van der Waals surface area contributed by atoms with Crippen LogP contribution in [0.3, 0.4) is 0 Å². The average molecular weight is 596 g/mol. The van der Waals surface area contributed by atoms with Crippen molar-refractivity contribution in [1.29, 1.82) is 0 Å². The second kappa shape index (κ2) is 14.2. The standard InChI is InChI=1S/C30H44F3N5O4/c1-4-42-23-15-22-16-38(29(41)25(20-11-7-5-8-12-20)35-27(39)19(2)34-3)24(18-37(22)17-23)28(40)36-26(30(31,32)33)21-13-9-6-10-14-21/h6,9-10,13-14,19-20,22-26,34H,4-5,7-8,11-12,15-18H2,1-3H3,(H,35,39)(H,36,40)/t19-,22+,23+,24-,25-,26?/m0/s1. The first-order chi connectivity index (χ1) is 20.0. The Kier molecular flexibility index (Phi) is 10.9. The number of carbonyl (C=O) groups is 3. The molecule has 0 spiro atoms. The predicted molar refractivity (Wildman–Crippen MR) is 151 cm³/mol. The molecule has 234 valence electrons. The van der Waals surface area contributed by atoms with Crippen molar-refractivity contribution in [3.8, 4) is 0 Å². The molecule has 3 fully saturated rings. The van der Waals surface area contributed by atoms with Crippen molar-refractivity contribution >= 4 is 17.7 Å². The van der Waals surface area contributed by atoms with Crippen molar-refractivity contribution in [1.82, 2.24) is 25.8 Å². The van der Waals surface area contributed by atoms with Crippen LogP contribution in [0.1, 0.15) is 64.0 Å². The maximum atomic E-state index is 14.3. The van der Waals surface area contributed by atoms with E-state index < -0.39 is 42.2 Å². The van der Waals surface area contributed by atoms with E-state index >= 15 is 0 Å². The quantitative estimate of drug-likeness (QED) is 0.385. The first kappa shape index (κ1) is 32.2. The molecule has 42 heavy (non-hydrogen) atoms. The molecule has 12 heteroatoms. The molecule has 4 rings (SSSR count). The Hall–Kier alpha value is -2.70. The van der Waals surface area contributed by atoms with E-state index in [0.29, 0.717) is 19.6 Å². The maximum absolute atomic E-state index is 14.3. The third-order valence-corrected chi connectivity index (χ3v) is 8.93. The number of carbonyl (C=O) groups excluding carboxylic acids is 3. The van der Waals surface area contributed by atoms with Gasteiger partial charge in [-0.05, 0) is 51.6 Å². The van der Waals surface area contributed by atoms with Crippen LogP contribution in [-0.4, -0.2) is 97.3 Å². The predicted octanol–water partition coefficient (Wildman–Crippen LogP) is 2.77. The van der Waals surface area contributed by atoms with E-state index in [2.05, 4.69) is 16.0 Å². The van der Waals surface area contributed by atoms with Crippen LogP contribution in [-0.2, 0) is 19.1 Å². The van der Waals surface area contributed by atoms with E-state index in [0.717, 1.165) is 32.1 Å². The number of nitrogens with one attached hydrogen (secondary N) is 3. The summed E-state index contributed by atoms with van der Waals surface area (Å²) in [5.74, 6) is -1.74. The molecular weight excluding hydrogens is 551 g/mol. The van der Waals surface area contributed by atoms with E-state index in [4.69, 9.17) is 4.74 Å². The highest BCUT2D eigenvalue weighted by Gasteiger charge is 2.49. The number of alkyl halides is 3. The molecule has 3 N–H and O–H groups in total. The van der Waals surface area contributed by atoms with Crippen LogP contribution in [0.5, 0.6) is 0 Å². The van der Waals surface area contributed by atoms with E-state index in [1.807, 2.05) is 11.8 Å². The number of piperazine rings is 1. The van der Waals surface area contributed by atoms with Gasteiger partial charge in [-0.2, -0.15) is 13.2 Å². The summed E-state index contributed by atoms with van der Waals surface area (Å²) in [6.07, 6.45) is 0.219. The largest absolute Gasteiger partial charge is 0.412 e. The fourth-order valence-electron chi connectivity index (χ4n) is 6.53. The summed E-state index contributed by atoms with van der Waals surface area (Å²) in [5, 5.41) is 8.04. The number of hydrogen-bond donors (Lipinski definition) is 3. The third-order valence-electron chi connectivity index (χ3n) is 8.93. The molecule has 1 aliphatic carbocycles. The van der Waals surface area contributed by atoms with Crippen LogP contribution in [0.4, 0.5) is 13.2 Å². The Morgan fingerprint density at radius 2 is 1.71 bits per heavy atom. The van der Waals surface area contributed by atoms with Gasteiger partial charge in [0.15, 0.2) is 6.04 Å². The summed E-state index contributed by atoms with van der Waals surface area (Å²) in [6.45, 7) is 4.90.